The smallest absolute Gasteiger partial charge is 0.316 e. The van der Waals surface area contributed by atoms with Gasteiger partial charge in [0, 0.05) is 24.6 Å². The van der Waals surface area contributed by atoms with Gasteiger partial charge in [-0.15, -0.1) is 0 Å². The summed E-state index contributed by atoms with van der Waals surface area (Å²) in [5, 5.41) is 3.81. The summed E-state index contributed by atoms with van der Waals surface area (Å²) in [6.45, 7) is 6.22. The van der Waals surface area contributed by atoms with E-state index in [0.717, 1.165) is 31.6 Å². The van der Waals surface area contributed by atoms with E-state index < -0.39 is 0 Å². The first-order chi connectivity index (χ1) is 13.0. The highest BCUT2D eigenvalue weighted by atomic mass is 16.5. The maximum atomic E-state index is 12.4. The van der Waals surface area contributed by atoms with Crippen LogP contribution in [0.1, 0.15) is 41.2 Å². The molecule has 2 aliphatic rings. The van der Waals surface area contributed by atoms with Crippen LogP contribution in [0.3, 0.4) is 0 Å². The molecule has 1 atom stereocenters. The lowest BCUT2D eigenvalue weighted by atomic mass is 9.79. The van der Waals surface area contributed by atoms with Crippen LogP contribution < -0.4 is 4.74 Å². The van der Waals surface area contributed by atoms with E-state index >= 15 is 0 Å². The largest absolute Gasteiger partial charge is 0.463 e. The molecule has 2 aliphatic heterocycles. The van der Waals surface area contributed by atoms with Crippen LogP contribution in [-0.2, 0) is 4.74 Å². The summed E-state index contributed by atoms with van der Waals surface area (Å²) >= 11 is 0. The molecule has 0 aliphatic carbocycles. The van der Waals surface area contributed by atoms with Crippen LogP contribution in [0.25, 0.3) is 0 Å². The third-order valence-corrected chi connectivity index (χ3v) is 5.22. The van der Waals surface area contributed by atoms with E-state index in [9.17, 15) is 4.79 Å². The van der Waals surface area contributed by atoms with Crippen LogP contribution in [0.4, 0.5) is 0 Å². The molecule has 2 fully saturated rings. The molecule has 0 radical (unpaired) electrons. The number of ether oxygens (including phenoxy) is 2. The van der Waals surface area contributed by atoms with Crippen LogP contribution >= 0.6 is 0 Å². The van der Waals surface area contributed by atoms with Gasteiger partial charge in [0.2, 0.25) is 0 Å². The molecule has 2 aromatic rings. The topological polar surface area (TPSA) is 90.6 Å². The average Bonchev–Trinajstić information content (AvgIpc) is 3.06. The van der Waals surface area contributed by atoms with Gasteiger partial charge in [-0.3, -0.25) is 4.79 Å². The number of amides is 1. The third kappa shape index (κ3) is 3.95. The van der Waals surface area contributed by atoms with Crippen molar-refractivity contribution in [1.82, 2.24) is 20.0 Å². The third-order valence-electron chi connectivity index (χ3n) is 5.22. The lowest BCUT2D eigenvalue weighted by Gasteiger charge is -2.53. The highest BCUT2D eigenvalue weighted by Crippen LogP contribution is 2.38. The zero-order valence-electron chi connectivity index (χ0n) is 15.7. The molecule has 0 aromatic carbocycles. The van der Waals surface area contributed by atoms with Gasteiger partial charge in [0.15, 0.2) is 5.69 Å². The second-order valence-electron chi connectivity index (χ2n) is 7.49. The Bertz CT molecular complexity index is 816. The number of carbonyl (C=O) groups is 1. The SMILES string of the molecule is Cc1ccnc(OCCC2CCOC3(C2)CN(C(=O)c2cc(C)on2)C3)n1. The minimum absolute atomic E-state index is 0.0943. The summed E-state index contributed by atoms with van der Waals surface area (Å²) in [6, 6.07) is 3.95. The molecule has 2 saturated heterocycles. The Balaban J connectivity index is 1.26. The first kappa shape index (κ1) is 17.9. The van der Waals surface area contributed by atoms with Crippen molar-refractivity contribution in [2.75, 3.05) is 26.3 Å². The van der Waals surface area contributed by atoms with Crippen molar-refractivity contribution in [1.29, 1.82) is 0 Å². The van der Waals surface area contributed by atoms with Crippen LogP contribution in [-0.4, -0.2) is 57.8 Å². The fourth-order valence-corrected chi connectivity index (χ4v) is 3.83. The molecule has 144 valence electrons. The van der Waals surface area contributed by atoms with Gasteiger partial charge in [-0.2, -0.15) is 0 Å². The van der Waals surface area contributed by atoms with E-state index in [4.69, 9.17) is 14.0 Å². The molecule has 8 nitrogen and oxygen atoms in total. The summed E-state index contributed by atoms with van der Waals surface area (Å²) in [5.41, 5.74) is 1.03. The number of hydrogen-bond acceptors (Lipinski definition) is 7. The summed E-state index contributed by atoms with van der Waals surface area (Å²) < 4.78 is 16.7. The summed E-state index contributed by atoms with van der Waals surface area (Å²) in [6.07, 6.45) is 4.58. The Morgan fingerprint density at radius 3 is 3.00 bits per heavy atom. The molecule has 0 N–H and O–H groups in total. The fourth-order valence-electron chi connectivity index (χ4n) is 3.83. The van der Waals surface area contributed by atoms with Gasteiger partial charge in [0.05, 0.1) is 19.7 Å². The van der Waals surface area contributed by atoms with E-state index in [0.29, 0.717) is 43.1 Å². The molecule has 0 bridgehead atoms. The molecule has 1 unspecified atom stereocenters. The molecule has 1 amide bonds. The van der Waals surface area contributed by atoms with E-state index in [2.05, 4.69) is 15.1 Å². The maximum absolute atomic E-state index is 12.4. The van der Waals surface area contributed by atoms with Crippen LogP contribution in [0.5, 0.6) is 6.01 Å². The minimum atomic E-state index is -0.225. The summed E-state index contributed by atoms with van der Waals surface area (Å²) in [4.78, 5) is 22.6. The molecule has 2 aromatic heterocycles. The predicted octanol–water partition coefficient (Wildman–Crippen LogP) is 2.17. The Kier molecular flexibility index (Phi) is 4.82. The van der Waals surface area contributed by atoms with Crippen molar-refractivity contribution >= 4 is 5.91 Å². The van der Waals surface area contributed by atoms with Gasteiger partial charge >= 0.3 is 6.01 Å². The van der Waals surface area contributed by atoms with Crippen molar-refractivity contribution in [2.24, 2.45) is 5.92 Å². The van der Waals surface area contributed by atoms with Crippen LogP contribution in [0.15, 0.2) is 22.9 Å². The lowest BCUT2D eigenvalue weighted by Crippen LogP contribution is -2.66. The number of carbonyl (C=O) groups excluding carboxylic acids is 1. The summed E-state index contributed by atoms with van der Waals surface area (Å²) in [7, 11) is 0. The van der Waals surface area contributed by atoms with Crippen LogP contribution in [0.2, 0.25) is 0 Å². The zero-order valence-corrected chi connectivity index (χ0v) is 15.7. The van der Waals surface area contributed by atoms with Crippen molar-refractivity contribution in [3.63, 3.8) is 0 Å². The second kappa shape index (κ2) is 7.26. The number of nitrogens with zero attached hydrogens (tertiary/aromatic N) is 4. The Morgan fingerprint density at radius 1 is 1.41 bits per heavy atom. The molecule has 8 heteroatoms. The molecular weight excluding hydrogens is 348 g/mol. The molecule has 4 heterocycles. The molecule has 27 heavy (non-hydrogen) atoms. The monoisotopic (exact) mass is 372 g/mol. The van der Waals surface area contributed by atoms with Gasteiger partial charge in [-0.25, -0.2) is 9.97 Å². The van der Waals surface area contributed by atoms with Gasteiger partial charge in [-0.1, -0.05) is 5.16 Å². The van der Waals surface area contributed by atoms with Crippen molar-refractivity contribution in [3.05, 3.63) is 35.5 Å². The molecule has 0 saturated carbocycles. The van der Waals surface area contributed by atoms with Crippen molar-refractivity contribution in [3.8, 4) is 6.01 Å². The van der Waals surface area contributed by atoms with E-state index in [1.807, 2.05) is 13.0 Å². The highest BCUT2D eigenvalue weighted by Gasteiger charge is 2.49. The number of likely N-dealkylation sites (tertiary alicyclic amines) is 1. The van der Waals surface area contributed by atoms with Gasteiger partial charge in [0.1, 0.15) is 11.4 Å². The van der Waals surface area contributed by atoms with E-state index in [1.165, 1.54) is 0 Å². The zero-order chi connectivity index (χ0) is 18.9. The number of aromatic nitrogens is 3. The van der Waals surface area contributed by atoms with E-state index in [-0.39, 0.29) is 11.5 Å². The molecule has 1 spiro atoms. The normalized spacial score (nSPS) is 21.1. The Hall–Kier alpha value is -2.48. The number of rotatable bonds is 5. The first-order valence-electron chi connectivity index (χ1n) is 9.32. The number of aryl methyl sites for hydroxylation is 2. The van der Waals surface area contributed by atoms with Crippen molar-refractivity contribution < 1.29 is 18.8 Å². The average molecular weight is 372 g/mol. The predicted molar refractivity (Wildman–Crippen MR) is 95.4 cm³/mol. The second-order valence-corrected chi connectivity index (χ2v) is 7.49. The molecule has 4 rings (SSSR count). The standard InChI is InChI=1S/C19H24N4O4/c1-13-3-6-20-18(21-13)25-7-4-15-5-8-26-19(10-15)11-23(12-19)17(24)16-9-14(2)27-22-16/h3,6,9,15H,4-5,7-8,10-12H2,1-2H3. The molecular formula is C19H24N4O4. The van der Waals surface area contributed by atoms with E-state index in [1.54, 1.807) is 24.1 Å². The van der Waals surface area contributed by atoms with Gasteiger partial charge in [-0.05, 0) is 45.1 Å². The maximum Gasteiger partial charge on any atom is 0.316 e. The number of hydrogen-bond donors (Lipinski definition) is 0. The summed E-state index contributed by atoms with van der Waals surface area (Å²) in [5.74, 6) is 1.05. The van der Waals surface area contributed by atoms with Gasteiger partial charge in [0.25, 0.3) is 5.91 Å². The Morgan fingerprint density at radius 2 is 2.26 bits per heavy atom. The van der Waals surface area contributed by atoms with Crippen molar-refractivity contribution in [2.45, 2.75) is 38.7 Å². The quantitative estimate of drug-likeness (QED) is 0.794. The first-order valence-corrected chi connectivity index (χ1v) is 9.32. The fraction of sp³-hybridized carbons (Fsp3) is 0.579. The lowest BCUT2D eigenvalue weighted by molar-refractivity contribution is -0.167. The minimum Gasteiger partial charge on any atom is -0.463 e. The highest BCUT2D eigenvalue weighted by molar-refractivity contribution is 5.93. The van der Waals surface area contributed by atoms with Gasteiger partial charge < -0.3 is 18.9 Å². The van der Waals surface area contributed by atoms with Crippen LogP contribution in [0, 0.1) is 19.8 Å². The Labute approximate surface area is 157 Å².